The summed E-state index contributed by atoms with van der Waals surface area (Å²) in [6, 6.07) is 7.26. The van der Waals surface area contributed by atoms with Crippen molar-refractivity contribution in [2.24, 2.45) is 5.73 Å². The average Bonchev–Trinajstić information content (AvgIpc) is 2.88. The average molecular weight is 406 g/mol. The van der Waals surface area contributed by atoms with Gasteiger partial charge in [-0.05, 0) is 64.7 Å². The second kappa shape index (κ2) is 9.93. The van der Waals surface area contributed by atoms with E-state index in [-0.39, 0.29) is 18.5 Å². The maximum absolute atomic E-state index is 12.5. The van der Waals surface area contributed by atoms with Crippen molar-refractivity contribution >= 4 is 13.0 Å². The number of amides is 1. The Labute approximate surface area is 174 Å². The minimum atomic E-state index is -0.733. The summed E-state index contributed by atoms with van der Waals surface area (Å²) in [6.07, 6.45) is 2.40. The zero-order valence-corrected chi connectivity index (χ0v) is 18.5. The Morgan fingerprint density at radius 1 is 1.21 bits per heavy atom. The van der Waals surface area contributed by atoms with Crippen molar-refractivity contribution in [3.63, 3.8) is 0 Å². The Bertz CT molecular complexity index is 667. The van der Waals surface area contributed by atoms with Crippen LogP contribution in [0.25, 0.3) is 0 Å². The summed E-state index contributed by atoms with van der Waals surface area (Å²) in [5.74, 6) is 0.258. The van der Waals surface area contributed by atoms with Crippen LogP contribution in [0.5, 0.6) is 5.75 Å². The molecule has 1 aromatic rings. The van der Waals surface area contributed by atoms with Crippen LogP contribution in [0.3, 0.4) is 0 Å². The van der Waals surface area contributed by atoms with E-state index in [0.29, 0.717) is 6.42 Å². The lowest BCUT2D eigenvalue weighted by Crippen LogP contribution is -2.53. The van der Waals surface area contributed by atoms with Crippen molar-refractivity contribution in [2.75, 3.05) is 20.8 Å². The fourth-order valence-corrected chi connectivity index (χ4v) is 3.23. The predicted octanol–water partition coefficient (Wildman–Crippen LogP) is 2.11. The lowest BCUT2D eigenvalue weighted by molar-refractivity contribution is -0.123. The van der Waals surface area contributed by atoms with Gasteiger partial charge in [-0.3, -0.25) is 4.79 Å². The number of hydrogen-bond donors (Lipinski definition) is 2. The molecule has 1 aromatic carbocycles. The molecule has 2 atom stereocenters. The van der Waals surface area contributed by atoms with E-state index in [1.807, 2.05) is 45.9 Å². The molecule has 3 N–H and O–H groups in total. The lowest BCUT2D eigenvalue weighted by atomic mass is 9.75. The monoisotopic (exact) mass is 406 g/mol. The van der Waals surface area contributed by atoms with Gasteiger partial charge in [-0.25, -0.2) is 0 Å². The molecule has 2 rings (SSSR count). The van der Waals surface area contributed by atoms with E-state index < -0.39 is 24.4 Å². The molecule has 0 aromatic heterocycles. The Balaban J connectivity index is 2.05. The van der Waals surface area contributed by atoms with Crippen molar-refractivity contribution < 1.29 is 23.6 Å². The fraction of sp³-hybridized carbons (Fsp3) is 0.667. The van der Waals surface area contributed by atoms with Crippen molar-refractivity contribution in [3.8, 4) is 5.75 Å². The molecular weight excluding hydrogens is 371 g/mol. The second-order valence-corrected chi connectivity index (χ2v) is 8.55. The first-order chi connectivity index (χ1) is 13.6. The van der Waals surface area contributed by atoms with E-state index in [4.69, 9.17) is 24.5 Å². The molecule has 7 nitrogen and oxygen atoms in total. The van der Waals surface area contributed by atoms with Gasteiger partial charge in [0.15, 0.2) is 0 Å². The molecule has 1 heterocycles. The highest BCUT2D eigenvalue weighted by Gasteiger charge is 2.54. The molecule has 8 heteroatoms. The standard InChI is InChI=1S/C21H35BN2O5/c1-20(2)21(3,4)29-22(28-20)18(24-19(25)17(23)14-26-5)12-8-10-15-9-7-11-16(13-15)27-6/h7,9,11,13,17-18H,8,10,12,14,23H2,1-6H3,(H,24,25)/t17-,18+/m1/s1. The Morgan fingerprint density at radius 2 is 1.86 bits per heavy atom. The van der Waals surface area contributed by atoms with E-state index >= 15 is 0 Å². The molecule has 0 unspecified atom stereocenters. The van der Waals surface area contributed by atoms with Crippen molar-refractivity contribution in [3.05, 3.63) is 29.8 Å². The molecule has 1 aliphatic rings. The van der Waals surface area contributed by atoms with Gasteiger partial charge in [0, 0.05) is 7.11 Å². The van der Waals surface area contributed by atoms with Crippen molar-refractivity contribution in [1.82, 2.24) is 5.32 Å². The third kappa shape index (κ3) is 6.19. The van der Waals surface area contributed by atoms with Gasteiger partial charge in [-0.15, -0.1) is 0 Å². The summed E-state index contributed by atoms with van der Waals surface area (Å²) in [4.78, 5) is 12.5. The van der Waals surface area contributed by atoms with Gasteiger partial charge in [-0.1, -0.05) is 12.1 Å². The minimum Gasteiger partial charge on any atom is -0.497 e. The molecular formula is C21H35BN2O5. The van der Waals surface area contributed by atoms with Gasteiger partial charge in [0.25, 0.3) is 0 Å². The Kier molecular flexibility index (Phi) is 8.11. The largest absolute Gasteiger partial charge is 0.497 e. The summed E-state index contributed by atoms with van der Waals surface area (Å²) in [5.41, 5.74) is 6.14. The molecule has 1 fully saturated rings. The number of aryl methyl sites for hydroxylation is 1. The highest BCUT2D eigenvalue weighted by atomic mass is 16.7. The van der Waals surface area contributed by atoms with Crippen LogP contribution < -0.4 is 15.8 Å². The first-order valence-corrected chi connectivity index (χ1v) is 10.1. The molecule has 1 saturated heterocycles. The molecule has 162 valence electrons. The van der Waals surface area contributed by atoms with Crippen molar-refractivity contribution in [1.29, 1.82) is 0 Å². The van der Waals surface area contributed by atoms with Crippen LogP contribution in [-0.4, -0.2) is 57.0 Å². The number of benzene rings is 1. The van der Waals surface area contributed by atoms with Gasteiger partial charge >= 0.3 is 7.12 Å². The topological polar surface area (TPSA) is 92.0 Å². The molecule has 0 aliphatic carbocycles. The number of nitrogens with one attached hydrogen (secondary N) is 1. The van der Waals surface area contributed by atoms with Gasteiger partial charge in [0.05, 0.1) is 30.9 Å². The number of methoxy groups -OCH3 is 2. The molecule has 1 aliphatic heterocycles. The van der Waals surface area contributed by atoms with E-state index in [0.717, 1.165) is 18.6 Å². The fourth-order valence-electron chi connectivity index (χ4n) is 3.23. The second-order valence-electron chi connectivity index (χ2n) is 8.55. The predicted molar refractivity (Wildman–Crippen MR) is 114 cm³/mol. The SMILES string of the molecule is COC[C@@H](N)C(=O)N[C@@H](CCCc1cccc(OC)c1)B1OC(C)(C)C(C)(C)O1. The summed E-state index contributed by atoms with van der Waals surface area (Å²) in [5, 5.41) is 3.01. The van der Waals surface area contributed by atoms with Crippen molar-refractivity contribution in [2.45, 2.75) is 70.1 Å². The Morgan fingerprint density at radius 3 is 2.45 bits per heavy atom. The maximum atomic E-state index is 12.5. The highest BCUT2D eigenvalue weighted by Crippen LogP contribution is 2.38. The van der Waals surface area contributed by atoms with E-state index in [9.17, 15) is 4.79 Å². The normalized spacial score (nSPS) is 19.6. The zero-order chi connectivity index (χ0) is 21.7. The third-order valence-corrected chi connectivity index (χ3v) is 5.73. The van der Waals surface area contributed by atoms with Gasteiger partial charge in [0.1, 0.15) is 11.8 Å². The molecule has 1 amide bonds. The third-order valence-electron chi connectivity index (χ3n) is 5.73. The van der Waals surface area contributed by atoms with Gasteiger partial charge in [-0.2, -0.15) is 0 Å². The summed E-state index contributed by atoms with van der Waals surface area (Å²) >= 11 is 0. The first kappa shape index (κ1) is 23.7. The number of rotatable bonds is 10. The van der Waals surface area contributed by atoms with E-state index in [2.05, 4.69) is 11.4 Å². The zero-order valence-electron chi connectivity index (χ0n) is 18.5. The molecule has 0 radical (unpaired) electrons. The number of ether oxygens (including phenoxy) is 2. The van der Waals surface area contributed by atoms with Crippen LogP contribution in [0.4, 0.5) is 0 Å². The number of carbonyl (C=O) groups is 1. The highest BCUT2D eigenvalue weighted by molar-refractivity contribution is 6.48. The molecule has 0 bridgehead atoms. The number of nitrogens with two attached hydrogens (primary N) is 1. The lowest BCUT2D eigenvalue weighted by Gasteiger charge is -2.32. The summed E-state index contributed by atoms with van der Waals surface area (Å²) in [6.45, 7) is 8.15. The summed E-state index contributed by atoms with van der Waals surface area (Å²) < 4.78 is 22.6. The Hall–Kier alpha value is -1.61. The quantitative estimate of drug-likeness (QED) is 0.579. The van der Waals surface area contributed by atoms with E-state index in [1.54, 1.807) is 7.11 Å². The molecule has 0 spiro atoms. The van der Waals surface area contributed by atoms with Gasteiger partial charge < -0.3 is 29.8 Å². The van der Waals surface area contributed by atoms with Gasteiger partial charge in [0.2, 0.25) is 5.91 Å². The van der Waals surface area contributed by atoms with Crippen LogP contribution in [0.15, 0.2) is 24.3 Å². The van der Waals surface area contributed by atoms with Crippen LogP contribution in [0.2, 0.25) is 0 Å². The van der Waals surface area contributed by atoms with Crippen LogP contribution in [0, 0.1) is 0 Å². The van der Waals surface area contributed by atoms with Crippen LogP contribution in [-0.2, 0) is 25.3 Å². The smallest absolute Gasteiger partial charge is 0.481 e. The molecule has 29 heavy (non-hydrogen) atoms. The number of hydrogen-bond acceptors (Lipinski definition) is 6. The van der Waals surface area contributed by atoms with E-state index in [1.165, 1.54) is 12.7 Å². The minimum absolute atomic E-state index is 0.158. The van der Waals surface area contributed by atoms with Crippen LogP contribution >= 0.6 is 0 Å². The van der Waals surface area contributed by atoms with Crippen LogP contribution in [0.1, 0.15) is 46.1 Å². The first-order valence-electron chi connectivity index (χ1n) is 10.1. The summed E-state index contributed by atoms with van der Waals surface area (Å²) in [7, 11) is 2.64. The maximum Gasteiger partial charge on any atom is 0.481 e. The number of carbonyl (C=O) groups excluding carboxylic acids is 1. The molecule has 0 saturated carbocycles.